The second-order valence-electron chi connectivity index (χ2n) is 5.57. The first-order valence-corrected chi connectivity index (χ1v) is 7.33. The first-order valence-electron chi connectivity index (χ1n) is 7.33. The largest absolute Gasteiger partial charge is 0.450 e. The van der Waals surface area contributed by atoms with Gasteiger partial charge in [-0.05, 0) is 20.3 Å². The maximum atomic E-state index is 11.9. The predicted molar refractivity (Wildman–Crippen MR) is 75.8 cm³/mol. The van der Waals surface area contributed by atoms with E-state index in [0.29, 0.717) is 38.6 Å². The van der Waals surface area contributed by atoms with Crippen molar-refractivity contribution >= 4 is 6.09 Å². The number of aromatic nitrogens is 2. The molecule has 0 aliphatic carbocycles. The molecule has 1 N–H and O–H groups in total. The highest BCUT2D eigenvalue weighted by Gasteiger charge is 2.35. The number of aryl methyl sites for hydroxylation is 1. The van der Waals surface area contributed by atoms with Crippen LogP contribution in [0.15, 0.2) is 4.79 Å². The summed E-state index contributed by atoms with van der Waals surface area (Å²) in [5, 5.41) is 0. The van der Waals surface area contributed by atoms with E-state index in [2.05, 4.69) is 14.9 Å². The Morgan fingerprint density at radius 3 is 3.05 bits per heavy atom. The van der Waals surface area contributed by atoms with Crippen LogP contribution in [0.25, 0.3) is 0 Å². The molecule has 0 unspecified atom stereocenters. The minimum Gasteiger partial charge on any atom is -0.450 e. The lowest BCUT2D eigenvalue weighted by molar-refractivity contribution is 0.110. The van der Waals surface area contributed by atoms with Crippen LogP contribution in [0.4, 0.5) is 4.79 Å². The van der Waals surface area contributed by atoms with E-state index in [1.54, 1.807) is 11.8 Å². The van der Waals surface area contributed by atoms with Crippen molar-refractivity contribution in [1.82, 2.24) is 19.8 Å². The van der Waals surface area contributed by atoms with Gasteiger partial charge >= 0.3 is 6.09 Å². The fourth-order valence-electron chi connectivity index (χ4n) is 3.09. The van der Waals surface area contributed by atoms with Crippen LogP contribution in [0.1, 0.15) is 30.4 Å². The van der Waals surface area contributed by atoms with Crippen LogP contribution in [-0.2, 0) is 17.8 Å². The summed E-state index contributed by atoms with van der Waals surface area (Å²) in [6.07, 6.45) is 0.660. The van der Waals surface area contributed by atoms with E-state index in [1.165, 1.54) is 0 Å². The normalized spacial score (nSPS) is 21.6. The van der Waals surface area contributed by atoms with Crippen molar-refractivity contribution in [3.63, 3.8) is 0 Å². The van der Waals surface area contributed by atoms with Crippen LogP contribution in [0.2, 0.25) is 0 Å². The minimum atomic E-state index is -0.247. The van der Waals surface area contributed by atoms with Gasteiger partial charge in [0.2, 0.25) is 0 Å². The third-order valence-electron chi connectivity index (χ3n) is 4.14. The van der Waals surface area contributed by atoms with E-state index >= 15 is 0 Å². The highest BCUT2D eigenvalue weighted by molar-refractivity contribution is 5.68. The van der Waals surface area contributed by atoms with Gasteiger partial charge in [0.15, 0.2) is 0 Å². The third kappa shape index (κ3) is 2.65. The maximum Gasteiger partial charge on any atom is 0.409 e. The number of hydrogen-bond acceptors (Lipinski definition) is 5. The Bertz CT molecular complexity index is 613. The third-order valence-corrected chi connectivity index (χ3v) is 4.14. The topological polar surface area (TPSA) is 78.5 Å². The summed E-state index contributed by atoms with van der Waals surface area (Å²) in [6, 6.07) is 0.267. The summed E-state index contributed by atoms with van der Waals surface area (Å²) in [5.74, 6) is 0.653. The van der Waals surface area contributed by atoms with Gasteiger partial charge in [0, 0.05) is 32.2 Å². The molecule has 114 valence electrons. The van der Waals surface area contributed by atoms with Crippen LogP contribution in [0.3, 0.4) is 0 Å². The molecule has 7 nitrogen and oxygen atoms in total. The first kappa shape index (κ1) is 14.1. The van der Waals surface area contributed by atoms with Gasteiger partial charge in [-0.25, -0.2) is 9.78 Å². The molecule has 1 fully saturated rings. The first-order chi connectivity index (χ1) is 10.1. The Labute approximate surface area is 122 Å². The molecule has 7 heteroatoms. The molecule has 3 rings (SSSR count). The number of nitrogens with zero attached hydrogens (tertiary/aromatic N) is 3. The summed E-state index contributed by atoms with van der Waals surface area (Å²) >= 11 is 0. The van der Waals surface area contributed by atoms with Gasteiger partial charge in [-0.2, -0.15) is 0 Å². The monoisotopic (exact) mass is 292 g/mol. The van der Waals surface area contributed by atoms with Crippen molar-refractivity contribution in [2.24, 2.45) is 0 Å². The van der Waals surface area contributed by atoms with Gasteiger partial charge in [-0.3, -0.25) is 9.69 Å². The summed E-state index contributed by atoms with van der Waals surface area (Å²) in [7, 11) is 0. The van der Waals surface area contributed by atoms with Crippen LogP contribution in [0, 0.1) is 6.92 Å². The Morgan fingerprint density at radius 1 is 1.48 bits per heavy atom. The number of fused-ring (bicyclic) bond motifs is 1. The maximum absolute atomic E-state index is 11.9. The van der Waals surface area contributed by atoms with E-state index in [4.69, 9.17) is 4.74 Å². The molecule has 1 atom stereocenters. The quantitative estimate of drug-likeness (QED) is 0.864. The number of rotatable bonds is 2. The molecule has 0 saturated carbocycles. The lowest BCUT2D eigenvalue weighted by atomic mass is 10.2. The second kappa shape index (κ2) is 5.48. The molecule has 2 aliphatic rings. The molecule has 0 spiro atoms. The van der Waals surface area contributed by atoms with E-state index in [1.807, 2.05) is 6.92 Å². The highest BCUT2D eigenvalue weighted by atomic mass is 16.6. The van der Waals surface area contributed by atoms with Crippen molar-refractivity contribution < 1.29 is 9.53 Å². The SMILES string of the molecule is CCOC(=O)N1CC[C@H](N2Cc3nc(C)[nH]c(=O)c3C2)C1. The Balaban J connectivity index is 1.67. The molecule has 0 bridgehead atoms. The van der Waals surface area contributed by atoms with Crippen LogP contribution < -0.4 is 5.56 Å². The van der Waals surface area contributed by atoms with Crippen molar-refractivity contribution in [3.8, 4) is 0 Å². The van der Waals surface area contributed by atoms with Gasteiger partial charge in [0.1, 0.15) is 5.82 Å². The average Bonchev–Trinajstić information content (AvgIpc) is 3.04. The second-order valence-corrected chi connectivity index (χ2v) is 5.57. The van der Waals surface area contributed by atoms with E-state index in [-0.39, 0.29) is 17.7 Å². The van der Waals surface area contributed by atoms with E-state index in [9.17, 15) is 9.59 Å². The highest BCUT2D eigenvalue weighted by Crippen LogP contribution is 2.25. The zero-order valence-corrected chi connectivity index (χ0v) is 12.4. The van der Waals surface area contributed by atoms with Gasteiger partial charge in [0.05, 0.1) is 17.9 Å². The van der Waals surface area contributed by atoms with Crippen LogP contribution >= 0.6 is 0 Å². The summed E-state index contributed by atoms with van der Waals surface area (Å²) in [5.41, 5.74) is 1.58. The van der Waals surface area contributed by atoms with Crippen molar-refractivity contribution in [1.29, 1.82) is 0 Å². The van der Waals surface area contributed by atoms with Crippen LogP contribution in [-0.4, -0.2) is 51.6 Å². The molecular formula is C14H20N4O3. The Hall–Kier alpha value is -1.89. The molecule has 3 heterocycles. The van der Waals surface area contributed by atoms with Crippen molar-refractivity contribution in [2.75, 3.05) is 19.7 Å². The Morgan fingerprint density at radius 2 is 2.29 bits per heavy atom. The molecule has 1 aromatic heterocycles. The summed E-state index contributed by atoms with van der Waals surface area (Å²) in [4.78, 5) is 34.8. The lowest BCUT2D eigenvalue weighted by Gasteiger charge is -2.23. The summed E-state index contributed by atoms with van der Waals surface area (Å²) in [6.45, 7) is 6.66. The number of amides is 1. The number of carbonyl (C=O) groups is 1. The van der Waals surface area contributed by atoms with Gasteiger partial charge in [-0.15, -0.1) is 0 Å². The molecule has 1 saturated heterocycles. The molecule has 0 aromatic carbocycles. The zero-order chi connectivity index (χ0) is 15.0. The number of aromatic amines is 1. The average molecular weight is 292 g/mol. The molecule has 21 heavy (non-hydrogen) atoms. The van der Waals surface area contributed by atoms with Crippen molar-refractivity contribution in [3.05, 3.63) is 27.4 Å². The zero-order valence-electron chi connectivity index (χ0n) is 12.4. The number of ether oxygens (including phenoxy) is 1. The van der Waals surface area contributed by atoms with E-state index < -0.39 is 0 Å². The predicted octanol–water partition coefficient (Wildman–Crippen LogP) is 0.625. The Kier molecular flexibility index (Phi) is 3.67. The lowest BCUT2D eigenvalue weighted by Crippen LogP contribution is -2.36. The standard InChI is InChI=1S/C14H20N4O3/c1-3-21-14(20)17-5-4-10(6-17)18-7-11-12(8-18)15-9(2)16-13(11)19/h10H,3-8H2,1-2H3,(H,15,16,19)/t10-/m0/s1. The number of nitrogens with one attached hydrogen (secondary N) is 1. The minimum absolute atomic E-state index is 0.0414. The van der Waals surface area contributed by atoms with Gasteiger partial charge < -0.3 is 14.6 Å². The van der Waals surface area contributed by atoms with E-state index in [0.717, 1.165) is 17.7 Å². The molecule has 0 radical (unpaired) electrons. The van der Waals surface area contributed by atoms with Gasteiger partial charge in [0.25, 0.3) is 5.56 Å². The number of hydrogen-bond donors (Lipinski definition) is 1. The summed E-state index contributed by atoms with van der Waals surface area (Å²) < 4.78 is 5.03. The number of carbonyl (C=O) groups excluding carboxylic acids is 1. The molecule has 1 amide bonds. The van der Waals surface area contributed by atoms with Crippen LogP contribution in [0.5, 0.6) is 0 Å². The number of likely N-dealkylation sites (tertiary alicyclic amines) is 1. The number of H-pyrrole nitrogens is 1. The van der Waals surface area contributed by atoms with Crippen molar-refractivity contribution in [2.45, 2.75) is 39.4 Å². The fraction of sp³-hybridized carbons (Fsp3) is 0.643. The smallest absolute Gasteiger partial charge is 0.409 e. The molecule has 2 aliphatic heterocycles. The molecule has 1 aromatic rings. The fourth-order valence-corrected chi connectivity index (χ4v) is 3.09. The molecular weight excluding hydrogens is 272 g/mol. The van der Waals surface area contributed by atoms with Gasteiger partial charge in [-0.1, -0.05) is 0 Å².